The highest BCUT2D eigenvalue weighted by atomic mass is 79.9. The van der Waals surface area contributed by atoms with Crippen LogP contribution in [0, 0.1) is 13.8 Å². The van der Waals surface area contributed by atoms with Gasteiger partial charge in [-0.05, 0) is 80.2 Å². The maximum atomic E-state index is 5.93. The van der Waals surface area contributed by atoms with Crippen LogP contribution in [0.15, 0.2) is 77.4 Å². The van der Waals surface area contributed by atoms with Gasteiger partial charge in [0, 0.05) is 33.8 Å². The van der Waals surface area contributed by atoms with Crippen molar-refractivity contribution in [2.24, 2.45) is 0 Å². The molecule has 0 bridgehead atoms. The number of nitrogens with zero attached hydrogens (tertiary/aromatic N) is 3. The number of hydrogen-bond donors (Lipinski definition) is 1. The van der Waals surface area contributed by atoms with Crippen molar-refractivity contribution < 1.29 is 9.47 Å². The van der Waals surface area contributed by atoms with Crippen molar-refractivity contribution in [1.82, 2.24) is 14.9 Å². The minimum Gasteiger partial charge on any atom is -0.497 e. The van der Waals surface area contributed by atoms with E-state index in [4.69, 9.17) is 21.7 Å². The Hall–Kier alpha value is -3.36. The Morgan fingerprint density at radius 1 is 0.972 bits per heavy atom. The molecule has 1 N–H and O–H groups in total. The van der Waals surface area contributed by atoms with E-state index in [1.807, 2.05) is 48.7 Å². The highest BCUT2D eigenvalue weighted by Gasteiger charge is 2.43. The fourth-order valence-corrected chi connectivity index (χ4v) is 5.74. The average Bonchev–Trinajstić information content (AvgIpc) is 3.38. The van der Waals surface area contributed by atoms with Gasteiger partial charge in [0.15, 0.2) is 5.11 Å². The highest BCUT2D eigenvalue weighted by molar-refractivity contribution is 9.10. The van der Waals surface area contributed by atoms with Gasteiger partial charge in [-0.1, -0.05) is 28.1 Å². The zero-order valence-corrected chi connectivity index (χ0v) is 22.9. The number of ether oxygens (including phenoxy) is 2. The highest BCUT2D eigenvalue weighted by Crippen LogP contribution is 2.46. The molecule has 1 aliphatic heterocycles. The zero-order chi connectivity index (χ0) is 25.4. The SMILES string of the molecule is COc1ccc(N2C(=S)NC(c3ccccn3)C2c2cc(C)n(-c3cccc(Br)c3)c2C)c(OC)c1. The van der Waals surface area contributed by atoms with E-state index in [9.17, 15) is 0 Å². The summed E-state index contributed by atoms with van der Waals surface area (Å²) in [6.45, 7) is 4.29. The van der Waals surface area contributed by atoms with Crippen LogP contribution >= 0.6 is 28.1 Å². The van der Waals surface area contributed by atoms with Gasteiger partial charge in [-0.25, -0.2) is 0 Å². The fraction of sp³-hybridized carbons (Fsp3) is 0.214. The molecule has 184 valence electrons. The normalized spacial score (nSPS) is 17.2. The first-order valence-corrected chi connectivity index (χ1v) is 12.8. The van der Waals surface area contributed by atoms with Crippen molar-refractivity contribution in [3.05, 3.63) is 100 Å². The quantitative estimate of drug-likeness (QED) is 0.273. The van der Waals surface area contributed by atoms with Gasteiger partial charge in [-0.15, -0.1) is 0 Å². The van der Waals surface area contributed by atoms with E-state index in [1.54, 1.807) is 14.2 Å². The van der Waals surface area contributed by atoms with Crippen molar-refractivity contribution in [2.45, 2.75) is 25.9 Å². The molecule has 0 spiro atoms. The molecular formula is C28H27BrN4O2S. The minimum atomic E-state index is -0.151. The van der Waals surface area contributed by atoms with Gasteiger partial charge in [-0.3, -0.25) is 4.98 Å². The second-order valence-electron chi connectivity index (χ2n) is 8.68. The molecule has 8 heteroatoms. The molecule has 0 amide bonds. The second-order valence-corrected chi connectivity index (χ2v) is 9.98. The molecule has 36 heavy (non-hydrogen) atoms. The molecule has 0 aliphatic carbocycles. The van der Waals surface area contributed by atoms with Gasteiger partial charge in [0.1, 0.15) is 11.5 Å². The maximum Gasteiger partial charge on any atom is 0.174 e. The summed E-state index contributed by atoms with van der Waals surface area (Å²) in [7, 11) is 3.31. The number of nitrogens with one attached hydrogen (secondary N) is 1. The lowest BCUT2D eigenvalue weighted by Gasteiger charge is -2.29. The van der Waals surface area contributed by atoms with Gasteiger partial charge in [-0.2, -0.15) is 0 Å². The summed E-state index contributed by atoms with van der Waals surface area (Å²) in [6, 6.07) is 22.0. The van der Waals surface area contributed by atoms with E-state index in [0.717, 1.165) is 44.2 Å². The van der Waals surface area contributed by atoms with E-state index >= 15 is 0 Å². The van der Waals surface area contributed by atoms with Crippen molar-refractivity contribution in [3.63, 3.8) is 0 Å². The van der Waals surface area contributed by atoms with Gasteiger partial charge < -0.3 is 24.3 Å². The predicted octanol–water partition coefficient (Wildman–Crippen LogP) is 6.45. The Kier molecular flexibility index (Phi) is 6.73. The number of pyridine rings is 1. The van der Waals surface area contributed by atoms with E-state index < -0.39 is 0 Å². The van der Waals surface area contributed by atoms with E-state index in [-0.39, 0.29) is 12.1 Å². The summed E-state index contributed by atoms with van der Waals surface area (Å²) >= 11 is 9.54. The number of rotatable bonds is 6. The van der Waals surface area contributed by atoms with Crippen LogP contribution in [0.2, 0.25) is 0 Å². The number of thiocarbonyl (C=S) groups is 1. The Labute approximate surface area is 225 Å². The first kappa shape index (κ1) is 24.3. The average molecular weight is 564 g/mol. The monoisotopic (exact) mass is 562 g/mol. The van der Waals surface area contributed by atoms with Crippen LogP contribution in [0.1, 0.15) is 34.7 Å². The topological polar surface area (TPSA) is 51.5 Å². The first-order valence-electron chi connectivity index (χ1n) is 11.6. The van der Waals surface area contributed by atoms with Crippen LogP contribution < -0.4 is 19.7 Å². The number of aromatic nitrogens is 2. The molecule has 2 unspecified atom stereocenters. The van der Waals surface area contributed by atoms with Gasteiger partial charge in [0.05, 0.1) is 37.7 Å². The summed E-state index contributed by atoms with van der Waals surface area (Å²) < 4.78 is 14.5. The van der Waals surface area contributed by atoms with E-state index in [0.29, 0.717) is 10.9 Å². The van der Waals surface area contributed by atoms with Crippen LogP contribution in [0.4, 0.5) is 5.69 Å². The number of hydrogen-bond acceptors (Lipinski definition) is 4. The lowest BCUT2D eigenvalue weighted by atomic mass is 9.96. The molecule has 4 aromatic rings. The third-order valence-electron chi connectivity index (χ3n) is 6.60. The second kappa shape index (κ2) is 9.95. The third-order valence-corrected chi connectivity index (χ3v) is 7.41. The standard InChI is InChI=1S/C28H27BrN4O2S/c1-17-14-22(18(2)32(17)20-9-7-8-19(29)15-20)27-26(23-10-5-6-13-30-23)31-28(36)33(27)24-12-11-21(34-3)16-25(24)35-4/h5-16,26-27H,1-4H3,(H,31,36). The summed E-state index contributed by atoms with van der Waals surface area (Å²) in [6.07, 6.45) is 1.82. The van der Waals surface area contributed by atoms with Gasteiger partial charge >= 0.3 is 0 Å². The van der Waals surface area contributed by atoms with E-state index in [2.05, 4.69) is 73.8 Å². The van der Waals surface area contributed by atoms with Gasteiger partial charge in [0.2, 0.25) is 0 Å². The van der Waals surface area contributed by atoms with Crippen LogP contribution in [-0.2, 0) is 0 Å². The molecule has 0 radical (unpaired) electrons. The molecule has 3 heterocycles. The lowest BCUT2D eigenvalue weighted by molar-refractivity contribution is 0.394. The summed E-state index contributed by atoms with van der Waals surface area (Å²) in [5, 5.41) is 4.16. The van der Waals surface area contributed by atoms with Crippen LogP contribution in [0.5, 0.6) is 11.5 Å². The van der Waals surface area contributed by atoms with Crippen LogP contribution in [0.25, 0.3) is 5.69 Å². The molecule has 0 saturated carbocycles. The van der Waals surface area contributed by atoms with Gasteiger partial charge in [0.25, 0.3) is 0 Å². The molecule has 2 aromatic heterocycles. The number of halogens is 1. The molecule has 2 aromatic carbocycles. The van der Waals surface area contributed by atoms with Crippen molar-refractivity contribution >= 4 is 38.9 Å². The maximum absolute atomic E-state index is 5.93. The number of methoxy groups -OCH3 is 2. The summed E-state index contributed by atoms with van der Waals surface area (Å²) in [4.78, 5) is 6.82. The van der Waals surface area contributed by atoms with Crippen molar-refractivity contribution in [1.29, 1.82) is 0 Å². The first-order chi connectivity index (χ1) is 17.4. The number of aryl methyl sites for hydroxylation is 1. The Morgan fingerprint density at radius 2 is 1.81 bits per heavy atom. The minimum absolute atomic E-state index is 0.151. The number of benzene rings is 2. The van der Waals surface area contributed by atoms with E-state index in [1.165, 1.54) is 0 Å². The molecule has 1 fully saturated rings. The van der Waals surface area contributed by atoms with Crippen LogP contribution in [0.3, 0.4) is 0 Å². The van der Waals surface area contributed by atoms with Crippen molar-refractivity contribution in [2.75, 3.05) is 19.1 Å². The molecule has 1 saturated heterocycles. The Morgan fingerprint density at radius 3 is 2.50 bits per heavy atom. The smallest absolute Gasteiger partial charge is 0.174 e. The summed E-state index contributed by atoms with van der Waals surface area (Å²) in [5.74, 6) is 1.41. The third kappa shape index (κ3) is 4.24. The molecular weight excluding hydrogens is 536 g/mol. The molecule has 5 rings (SSSR count). The van der Waals surface area contributed by atoms with Crippen LogP contribution in [-0.4, -0.2) is 28.9 Å². The molecule has 2 atom stereocenters. The largest absolute Gasteiger partial charge is 0.497 e. The summed E-state index contributed by atoms with van der Waals surface area (Å²) in [5.41, 5.74) is 6.33. The Balaban J connectivity index is 1.70. The van der Waals surface area contributed by atoms with Crippen molar-refractivity contribution in [3.8, 4) is 17.2 Å². The molecule has 1 aliphatic rings. The zero-order valence-electron chi connectivity index (χ0n) is 20.5. The number of anilines is 1. The Bertz CT molecular complexity index is 1420. The fourth-order valence-electron chi connectivity index (χ4n) is 5.01. The predicted molar refractivity (Wildman–Crippen MR) is 150 cm³/mol. The lowest BCUT2D eigenvalue weighted by Crippen LogP contribution is -2.30. The molecule has 6 nitrogen and oxygen atoms in total.